The molecule has 0 aliphatic heterocycles. The Bertz CT molecular complexity index is 1450. The van der Waals surface area contributed by atoms with Gasteiger partial charge in [0, 0.05) is 22.1 Å². The molecule has 7 nitrogen and oxygen atoms in total. The topological polar surface area (TPSA) is 86.8 Å². The minimum atomic E-state index is -4.16. The number of nitrogens with zero attached hydrogens (tertiary/aromatic N) is 2. The Kier molecular flexibility index (Phi) is 10.2. The van der Waals surface area contributed by atoms with Gasteiger partial charge in [-0.05, 0) is 82.1 Å². The average Bonchev–Trinajstić information content (AvgIpc) is 2.86. The Morgan fingerprint density at radius 3 is 2.26 bits per heavy atom. The zero-order valence-corrected chi connectivity index (χ0v) is 25.8. The van der Waals surface area contributed by atoms with Crippen LogP contribution in [0.1, 0.15) is 37.5 Å². The summed E-state index contributed by atoms with van der Waals surface area (Å²) in [6.45, 7) is 8.51. The Morgan fingerprint density at radius 2 is 1.64 bits per heavy atom. The van der Waals surface area contributed by atoms with Crippen molar-refractivity contribution in [1.29, 1.82) is 0 Å². The zero-order valence-electron chi connectivity index (χ0n) is 22.6. The number of nitrogens with one attached hydrogen (secondary N) is 1. The van der Waals surface area contributed by atoms with Crippen LogP contribution in [0.15, 0.2) is 76.1 Å². The normalized spacial score (nSPS) is 12.2. The predicted octanol–water partition coefficient (Wildman–Crippen LogP) is 5.86. The summed E-state index contributed by atoms with van der Waals surface area (Å²) in [5.74, 6) is -0.864. The fourth-order valence-corrected chi connectivity index (χ4v) is 6.11. The number of amides is 2. The summed E-state index contributed by atoms with van der Waals surface area (Å²) in [7, 11) is -4.16. The summed E-state index contributed by atoms with van der Waals surface area (Å²) in [5.41, 5.74) is 2.61. The third kappa shape index (κ3) is 7.84. The zero-order chi connectivity index (χ0) is 28.9. The van der Waals surface area contributed by atoms with E-state index in [4.69, 9.17) is 11.6 Å². The van der Waals surface area contributed by atoms with E-state index in [9.17, 15) is 18.0 Å². The molecule has 1 N–H and O–H groups in total. The molecule has 0 heterocycles. The van der Waals surface area contributed by atoms with E-state index in [1.54, 1.807) is 38.1 Å². The van der Waals surface area contributed by atoms with E-state index in [2.05, 4.69) is 21.2 Å². The van der Waals surface area contributed by atoms with Crippen LogP contribution < -0.4 is 9.62 Å². The lowest BCUT2D eigenvalue weighted by molar-refractivity contribution is -0.139. The van der Waals surface area contributed by atoms with Crippen molar-refractivity contribution in [3.63, 3.8) is 0 Å². The first kappa shape index (κ1) is 30.7. The Morgan fingerprint density at radius 1 is 0.974 bits per heavy atom. The van der Waals surface area contributed by atoms with Crippen molar-refractivity contribution in [2.75, 3.05) is 10.8 Å². The highest BCUT2D eigenvalue weighted by Gasteiger charge is 2.33. The summed E-state index contributed by atoms with van der Waals surface area (Å²) in [6, 6.07) is 17.8. The molecule has 0 saturated carbocycles. The second-order valence-electron chi connectivity index (χ2n) is 9.75. The lowest BCUT2D eigenvalue weighted by Gasteiger charge is -2.32. The number of benzene rings is 3. The molecule has 10 heteroatoms. The molecule has 0 unspecified atom stereocenters. The molecule has 0 saturated heterocycles. The molecule has 3 rings (SSSR count). The fourth-order valence-electron chi connectivity index (χ4n) is 4.02. The second kappa shape index (κ2) is 13.0. The number of halogens is 2. The molecule has 0 spiro atoms. The van der Waals surface area contributed by atoms with Gasteiger partial charge in [0.15, 0.2) is 0 Å². The van der Waals surface area contributed by atoms with Gasteiger partial charge >= 0.3 is 0 Å². The highest BCUT2D eigenvalue weighted by Crippen LogP contribution is 2.30. The molecular weight excluding hydrogens is 602 g/mol. The van der Waals surface area contributed by atoms with Crippen molar-refractivity contribution in [1.82, 2.24) is 10.2 Å². The van der Waals surface area contributed by atoms with Crippen molar-refractivity contribution >= 4 is 55.1 Å². The Labute approximate surface area is 244 Å². The Balaban J connectivity index is 2.08. The number of carbonyl (C=O) groups excluding carboxylic acids is 2. The van der Waals surface area contributed by atoms with Crippen molar-refractivity contribution in [2.45, 2.75) is 58.1 Å². The molecule has 0 aromatic heterocycles. The number of rotatable bonds is 10. The maximum Gasteiger partial charge on any atom is 0.264 e. The summed E-state index contributed by atoms with van der Waals surface area (Å²) in [4.78, 5) is 28.4. The van der Waals surface area contributed by atoms with Gasteiger partial charge in [-0.15, -0.1) is 0 Å². The van der Waals surface area contributed by atoms with Gasteiger partial charge in [0.1, 0.15) is 12.6 Å². The lowest BCUT2D eigenvalue weighted by Crippen LogP contribution is -2.52. The van der Waals surface area contributed by atoms with Crippen LogP contribution in [-0.4, -0.2) is 43.8 Å². The smallest absolute Gasteiger partial charge is 0.264 e. The summed E-state index contributed by atoms with van der Waals surface area (Å²) < 4.78 is 29.8. The van der Waals surface area contributed by atoms with Crippen molar-refractivity contribution in [3.05, 3.63) is 92.9 Å². The van der Waals surface area contributed by atoms with Gasteiger partial charge < -0.3 is 10.2 Å². The molecule has 2 amide bonds. The first-order chi connectivity index (χ1) is 18.3. The third-order valence-electron chi connectivity index (χ3n) is 6.17. The SMILES string of the molecule is Cc1ccc(S(=O)(=O)N(CC(=O)N(Cc2cccc(Br)c2)[C@@H](C)C(=O)NC(C)C)c2cc(Cl)ccc2C)cc1. The number of anilines is 1. The molecule has 0 radical (unpaired) electrons. The lowest BCUT2D eigenvalue weighted by atomic mass is 10.1. The summed E-state index contributed by atoms with van der Waals surface area (Å²) >= 11 is 9.71. The molecule has 0 fully saturated rings. The Hall–Kier alpha value is -2.88. The molecule has 0 bridgehead atoms. The first-order valence-electron chi connectivity index (χ1n) is 12.5. The van der Waals surface area contributed by atoms with E-state index < -0.39 is 28.5 Å². The quantitative estimate of drug-likeness (QED) is 0.303. The molecular formula is C29H33BrClN3O4S. The third-order valence-corrected chi connectivity index (χ3v) is 8.67. The first-order valence-corrected chi connectivity index (χ1v) is 15.1. The van der Waals surface area contributed by atoms with Gasteiger partial charge in [-0.25, -0.2) is 8.42 Å². The molecule has 3 aromatic carbocycles. The fraction of sp³-hybridized carbons (Fsp3) is 0.310. The van der Waals surface area contributed by atoms with Crippen LogP contribution in [0.4, 0.5) is 5.69 Å². The molecule has 208 valence electrons. The molecule has 0 aliphatic carbocycles. The van der Waals surface area contributed by atoms with Crippen molar-refractivity contribution in [2.24, 2.45) is 0 Å². The minimum Gasteiger partial charge on any atom is -0.352 e. The van der Waals surface area contributed by atoms with Crippen LogP contribution in [0, 0.1) is 13.8 Å². The minimum absolute atomic E-state index is 0.0458. The number of sulfonamides is 1. The van der Waals surface area contributed by atoms with Crippen LogP contribution in [0.5, 0.6) is 0 Å². The van der Waals surface area contributed by atoms with E-state index in [1.165, 1.54) is 23.1 Å². The summed E-state index contributed by atoms with van der Waals surface area (Å²) in [6.07, 6.45) is 0. The van der Waals surface area contributed by atoms with E-state index in [-0.39, 0.29) is 29.1 Å². The number of aryl methyl sites for hydroxylation is 2. The van der Waals surface area contributed by atoms with Gasteiger partial charge in [0.2, 0.25) is 11.8 Å². The van der Waals surface area contributed by atoms with Gasteiger partial charge in [0.25, 0.3) is 10.0 Å². The van der Waals surface area contributed by atoms with Crippen LogP contribution in [0.2, 0.25) is 5.02 Å². The van der Waals surface area contributed by atoms with Crippen molar-refractivity contribution in [3.8, 4) is 0 Å². The molecule has 3 aromatic rings. The second-order valence-corrected chi connectivity index (χ2v) is 13.0. The number of hydrogen-bond donors (Lipinski definition) is 1. The number of hydrogen-bond acceptors (Lipinski definition) is 4. The van der Waals surface area contributed by atoms with Gasteiger partial charge in [-0.2, -0.15) is 0 Å². The highest BCUT2D eigenvalue weighted by molar-refractivity contribution is 9.10. The predicted molar refractivity (Wildman–Crippen MR) is 159 cm³/mol. The van der Waals surface area contributed by atoms with E-state index in [0.29, 0.717) is 10.6 Å². The van der Waals surface area contributed by atoms with Crippen LogP contribution >= 0.6 is 27.5 Å². The molecule has 0 aliphatic rings. The van der Waals surface area contributed by atoms with Crippen LogP contribution in [-0.2, 0) is 26.2 Å². The van der Waals surface area contributed by atoms with Gasteiger partial charge in [-0.1, -0.05) is 63.4 Å². The number of carbonyl (C=O) groups is 2. The van der Waals surface area contributed by atoms with E-state index in [0.717, 1.165) is 19.9 Å². The van der Waals surface area contributed by atoms with Gasteiger partial charge in [0.05, 0.1) is 10.6 Å². The maximum absolute atomic E-state index is 14.0. The van der Waals surface area contributed by atoms with E-state index in [1.807, 2.05) is 45.0 Å². The summed E-state index contributed by atoms with van der Waals surface area (Å²) in [5, 5.41) is 3.18. The van der Waals surface area contributed by atoms with E-state index >= 15 is 0 Å². The standard InChI is InChI=1S/C29H33BrClN3O4S/c1-19(2)32-29(36)22(5)33(17-23-7-6-8-24(30)15-23)28(35)18-34(27-16-25(31)12-11-21(27)4)39(37,38)26-13-9-20(3)10-14-26/h6-16,19,22H,17-18H2,1-5H3,(H,32,36)/t22-/m0/s1. The maximum atomic E-state index is 14.0. The highest BCUT2D eigenvalue weighted by atomic mass is 79.9. The molecule has 1 atom stereocenters. The monoisotopic (exact) mass is 633 g/mol. The van der Waals surface area contributed by atoms with Crippen LogP contribution in [0.3, 0.4) is 0 Å². The molecule has 39 heavy (non-hydrogen) atoms. The van der Waals surface area contributed by atoms with Gasteiger partial charge in [-0.3, -0.25) is 13.9 Å². The van der Waals surface area contributed by atoms with Crippen LogP contribution in [0.25, 0.3) is 0 Å². The van der Waals surface area contributed by atoms with Crippen molar-refractivity contribution < 1.29 is 18.0 Å². The largest absolute Gasteiger partial charge is 0.352 e. The average molecular weight is 635 g/mol.